The van der Waals surface area contributed by atoms with Crippen LogP contribution in [-0.4, -0.2) is 7.28 Å². The van der Waals surface area contributed by atoms with Crippen LogP contribution >= 0.6 is 0 Å². The Hall–Kier alpha value is -7.24. The van der Waals surface area contributed by atoms with E-state index in [1.807, 2.05) is 24.3 Å². The van der Waals surface area contributed by atoms with Crippen LogP contribution in [0.1, 0.15) is 31.9 Å². The van der Waals surface area contributed by atoms with Gasteiger partial charge in [-0.05, 0) is 110 Å². The molecule has 0 bridgehead atoms. The van der Waals surface area contributed by atoms with E-state index in [0.717, 1.165) is 66.8 Å². The van der Waals surface area contributed by atoms with Crippen molar-refractivity contribution in [3.8, 4) is 45.3 Å². The van der Waals surface area contributed by atoms with E-state index in [0.29, 0.717) is 23.0 Å². The first kappa shape index (κ1) is 35.9. The zero-order valence-corrected chi connectivity index (χ0v) is 34.1. The van der Waals surface area contributed by atoms with Gasteiger partial charge in [0.2, 0.25) is 0 Å². The summed E-state index contributed by atoms with van der Waals surface area (Å²) in [6, 6.07) is 62.8. The molecule has 0 fully saturated rings. The van der Waals surface area contributed by atoms with Crippen LogP contribution in [0.2, 0.25) is 0 Å². The summed E-state index contributed by atoms with van der Waals surface area (Å²) in [5, 5.41) is 8.62. The number of nitrogens with zero attached hydrogens (tertiary/aromatic N) is 1. The maximum Gasteiger partial charge on any atom is 0.198 e. The van der Waals surface area contributed by atoms with Gasteiger partial charge in [0.25, 0.3) is 0 Å². The molecule has 1 radical (unpaired) electrons. The number of fused-ring (bicyclic) bond motifs is 6. The van der Waals surface area contributed by atoms with E-state index in [1.54, 1.807) is 0 Å². The summed E-state index contributed by atoms with van der Waals surface area (Å²) in [5.74, 6) is 2.79. The van der Waals surface area contributed by atoms with E-state index >= 15 is 0 Å². The molecule has 11 rings (SSSR count). The van der Waals surface area contributed by atoms with Crippen molar-refractivity contribution >= 4 is 68.2 Å². The summed E-state index contributed by atoms with van der Waals surface area (Å²) in [5.41, 5.74) is 14.7. The minimum Gasteiger partial charge on any atom is -0.450 e. The molecule has 0 spiro atoms. The van der Waals surface area contributed by atoms with Crippen molar-refractivity contribution in [2.45, 2.75) is 33.1 Å². The molecule has 2 aliphatic rings. The van der Waals surface area contributed by atoms with Crippen LogP contribution in [-0.2, 0) is 5.41 Å². The molecule has 0 atom stereocenters. The van der Waals surface area contributed by atoms with Gasteiger partial charge in [0.1, 0.15) is 0 Å². The predicted molar refractivity (Wildman–Crippen MR) is 252 cm³/mol. The van der Waals surface area contributed by atoms with Gasteiger partial charge in [-0.1, -0.05) is 148 Å². The van der Waals surface area contributed by atoms with Crippen molar-refractivity contribution in [1.82, 2.24) is 0 Å². The Morgan fingerprint density at radius 2 is 1.18 bits per heavy atom. The molecule has 0 saturated heterocycles. The first-order chi connectivity index (χ1) is 29.3. The second-order valence-corrected chi connectivity index (χ2v) is 16.9. The van der Waals surface area contributed by atoms with Gasteiger partial charge in [0, 0.05) is 39.8 Å². The minimum absolute atomic E-state index is 0.0587. The van der Waals surface area contributed by atoms with E-state index in [4.69, 9.17) is 9.47 Å². The number of para-hydroxylation sites is 2. The molecule has 9 aromatic carbocycles. The number of anilines is 5. The van der Waals surface area contributed by atoms with Crippen LogP contribution in [0.3, 0.4) is 0 Å². The van der Waals surface area contributed by atoms with Crippen LogP contribution in [0.25, 0.3) is 43.8 Å². The number of rotatable bonds is 5. The number of aryl methyl sites for hydroxylation is 1. The zero-order valence-electron chi connectivity index (χ0n) is 34.1. The van der Waals surface area contributed by atoms with Crippen molar-refractivity contribution in [3.05, 3.63) is 187 Å². The molecule has 2 aliphatic heterocycles. The topological polar surface area (TPSA) is 33.7 Å². The lowest BCUT2D eigenvalue weighted by molar-refractivity contribution is 0.360. The molecule has 287 valence electrons. The molecule has 60 heavy (non-hydrogen) atoms. The Morgan fingerprint density at radius 1 is 0.517 bits per heavy atom. The number of nitrogens with one attached hydrogen (secondary N) is 1. The molecular weight excluding hydrogens is 731 g/mol. The molecule has 0 unspecified atom stereocenters. The normalized spacial score (nSPS) is 12.7. The summed E-state index contributed by atoms with van der Waals surface area (Å²) >= 11 is 0. The molecule has 4 nitrogen and oxygen atoms in total. The maximum absolute atomic E-state index is 6.55. The Morgan fingerprint density at radius 3 is 1.92 bits per heavy atom. The SMILES string of the molecule is Cc1cc(-c2ccccc2)ccc1N1c2cc3c(cc2[B]c2c1cc1ccccc1c2-c1ccc2ccccc2c1Nc1ccc(C(C)(C)C)cc1)Oc1ccccc1O3. The number of ether oxygens (including phenoxy) is 2. The van der Waals surface area contributed by atoms with Gasteiger partial charge in [-0.15, -0.1) is 0 Å². The van der Waals surface area contributed by atoms with Crippen molar-refractivity contribution in [2.24, 2.45) is 0 Å². The molecule has 9 aromatic rings. The molecule has 0 aromatic heterocycles. The highest BCUT2D eigenvalue weighted by atomic mass is 16.6. The monoisotopic (exact) mass is 773 g/mol. The lowest BCUT2D eigenvalue weighted by Gasteiger charge is -2.37. The number of hydrogen-bond acceptors (Lipinski definition) is 4. The standard InChI is InChI=1S/C55H42BN2O2/c1-34-30-37(35-14-6-5-7-15-35)23-29-45(34)58-46-33-51-50(59-48-20-12-13-21-49(48)60-51)32-44(46)56-53-47(58)31-38-17-9-10-18-41(38)52(53)43-28-22-36-16-8-11-19-42(36)54(43)57-40-26-24-39(25-27-40)55(2,3)4/h5-33,57H,1-4H3. The zero-order chi connectivity index (χ0) is 40.5. The van der Waals surface area contributed by atoms with E-state index in [2.05, 4.69) is 197 Å². The third-order valence-corrected chi connectivity index (χ3v) is 12.0. The fourth-order valence-corrected chi connectivity index (χ4v) is 8.93. The Labute approximate surface area is 351 Å². The summed E-state index contributed by atoms with van der Waals surface area (Å²) in [6.45, 7) is 8.98. The largest absolute Gasteiger partial charge is 0.450 e. The predicted octanol–water partition coefficient (Wildman–Crippen LogP) is 14.0. The third kappa shape index (κ3) is 6.08. The molecule has 0 aliphatic carbocycles. The van der Waals surface area contributed by atoms with Crippen LogP contribution in [0, 0.1) is 6.92 Å². The van der Waals surface area contributed by atoms with Crippen molar-refractivity contribution in [3.63, 3.8) is 0 Å². The van der Waals surface area contributed by atoms with Crippen LogP contribution in [0.4, 0.5) is 28.4 Å². The third-order valence-electron chi connectivity index (χ3n) is 12.0. The van der Waals surface area contributed by atoms with Gasteiger partial charge < -0.3 is 19.7 Å². The lowest BCUT2D eigenvalue weighted by atomic mass is 9.57. The van der Waals surface area contributed by atoms with Gasteiger partial charge >= 0.3 is 0 Å². The summed E-state index contributed by atoms with van der Waals surface area (Å²) < 4.78 is 13.1. The quantitative estimate of drug-likeness (QED) is 0.177. The maximum atomic E-state index is 6.55. The smallest absolute Gasteiger partial charge is 0.198 e. The van der Waals surface area contributed by atoms with Gasteiger partial charge in [-0.3, -0.25) is 0 Å². The van der Waals surface area contributed by atoms with Gasteiger partial charge in [-0.2, -0.15) is 0 Å². The fraction of sp³-hybridized carbons (Fsp3) is 0.0909. The van der Waals surface area contributed by atoms with Crippen LogP contribution in [0.5, 0.6) is 23.0 Å². The molecule has 5 heteroatoms. The summed E-state index contributed by atoms with van der Waals surface area (Å²) in [7, 11) is 2.35. The van der Waals surface area contributed by atoms with Gasteiger partial charge in [0.05, 0.1) is 5.69 Å². The van der Waals surface area contributed by atoms with E-state index in [9.17, 15) is 0 Å². The Kier molecular flexibility index (Phi) is 8.35. The highest BCUT2D eigenvalue weighted by Crippen LogP contribution is 2.50. The second-order valence-electron chi connectivity index (χ2n) is 16.9. The van der Waals surface area contributed by atoms with Crippen LogP contribution in [0.15, 0.2) is 176 Å². The highest BCUT2D eigenvalue weighted by Gasteiger charge is 2.33. The van der Waals surface area contributed by atoms with Crippen LogP contribution < -0.4 is 30.6 Å². The molecular formula is C55H42BN2O2. The average Bonchev–Trinajstić information content (AvgIpc) is 3.27. The fourth-order valence-electron chi connectivity index (χ4n) is 8.93. The molecule has 0 saturated carbocycles. The molecule has 2 heterocycles. The van der Waals surface area contributed by atoms with Gasteiger partial charge in [-0.25, -0.2) is 0 Å². The molecule has 1 N–H and O–H groups in total. The lowest BCUT2D eigenvalue weighted by Crippen LogP contribution is -2.41. The summed E-state index contributed by atoms with van der Waals surface area (Å²) in [6.07, 6.45) is 0. The summed E-state index contributed by atoms with van der Waals surface area (Å²) in [4.78, 5) is 2.42. The van der Waals surface area contributed by atoms with E-state index < -0.39 is 0 Å². The molecule has 0 amide bonds. The minimum atomic E-state index is 0.0587. The first-order valence-corrected chi connectivity index (χ1v) is 20.7. The Balaban J connectivity index is 1.16. The Bertz CT molecular complexity index is 3150. The average molecular weight is 774 g/mol. The van der Waals surface area contributed by atoms with E-state index in [-0.39, 0.29) is 5.41 Å². The number of benzene rings is 9. The highest BCUT2D eigenvalue weighted by molar-refractivity contribution is 6.74. The van der Waals surface area contributed by atoms with Crippen molar-refractivity contribution in [2.75, 3.05) is 10.2 Å². The van der Waals surface area contributed by atoms with Crippen molar-refractivity contribution in [1.29, 1.82) is 0 Å². The first-order valence-electron chi connectivity index (χ1n) is 20.7. The van der Waals surface area contributed by atoms with Gasteiger partial charge in [0.15, 0.2) is 30.3 Å². The van der Waals surface area contributed by atoms with E-state index in [1.165, 1.54) is 27.5 Å². The second kappa shape index (κ2) is 14.0. The number of hydrogen-bond donors (Lipinski definition) is 1. The van der Waals surface area contributed by atoms with Crippen molar-refractivity contribution < 1.29 is 9.47 Å².